The molecule has 86 valence electrons. The highest BCUT2D eigenvalue weighted by Gasteiger charge is 2.37. The first-order valence-electron chi connectivity index (χ1n) is 4.51. The summed E-state index contributed by atoms with van der Waals surface area (Å²) in [6.45, 7) is 1.86. The number of nitrogens with zero attached hydrogens (tertiary/aromatic N) is 2. The van der Waals surface area contributed by atoms with Crippen molar-refractivity contribution in [2.75, 3.05) is 0 Å². The van der Waals surface area contributed by atoms with Gasteiger partial charge in [0, 0.05) is 0 Å². The topological polar surface area (TPSA) is 59.2 Å². The first kappa shape index (κ1) is 12.0. The van der Waals surface area contributed by atoms with E-state index in [0.29, 0.717) is 6.42 Å². The van der Waals surface area contributed by atoms with Crippen molar-refractivity contribution < 1.29 is 22.8 Å². The van der Waals surface area contributed by atoms with Gasteiger partial charge >= 0.3 is 6.18 Å². The molecule has 1 aromatic rings. The summed E-state index contributed by atoms with van der Waals surface area (Å²) in [6, 6.07) is 0. The molecule has 0 saturated carbocycles. The van der Waals surface area contributed by atoms with Crippen LogP contribution >= 0.6 is 0 Å². The Morgan fingerprint density at radius 2 is 2.13 bits per heavy atom. The first-order valence-corrected chi connectivity index (χ1v) is 4.51. The van der Waals surface area contributed by atoms with Gasteiger partial charge in [0.05, 0.1) is 12.5 Å². The van der Waals surface area contributed by atoms with Gasteiger partial charge in [-0.1, -0.05) is 18.5 Å². The molecular weight excluding hydrogens is 213 g/mol. The Hall–Kier alpha value is -1.11. The molecule has 1 rings (SSSR count). The van der Waals surface area contributed by atoms with Gasteiger partial charge < -0.3 is 9.63 Å². The fourth-order valence-electron chi connectivity index (χ4n) is 1.09. The van der Waals surface area contributed by atoms with E-state index in [1.165, 1.54) is 0 Å². The number of aliphatic hydroxyl groups is 1. The highest BCUT2D eigenvalue weighted by atomic mass is 19.4. The maximum Gasteiger partial charge on any atom is 0.455 e. The molecule has 0 saturated heterocycles. The van der Waals surface area contributed by atoms with Gasteiger partial charge in [0.2, 0.25) is 5.89 Å². The summed E-state index contributed by atoms with van der Waals surface area (Å²) >= 11 is 0. The molecule has 0 fully saturated rings. The van der Waals surface area contributed by atoms with Crippen molar-refractivity contribution in [1.82, 2.24) is 10.1 Å². The smallest absolute Gasteiger partial charge is 0.393 e. The minimum Gasteiger partial charge on any atom is -0.393 e. The minimum absolute atomic E-state index is 0.0447. The Balaban J connectivity index is 2.61. The molecule has 1 aromatic heterocycles. The SMILES string of the molecule is CCCC(O)Cc1nc(C(F)(F)F)no1. The summed E-state index contributed by atoms with van der Waals surface area (Å²) < 4.78 is 40.5. The van der Waals surface area contributed by atoms with Crippen LogP contribution in [0, 0.1) is 0 Å². The van der Waals surface area contributed by atoms with Gasteiger partial charge in [-0.2, -0.15) is 18.2 Å². The molecule has 0 amide bonds. The monoisotopic (exact) mass is 224 g/mol. The summed E-state index contributed by atoms with van der Waals surface area (Å²) in [4.78, 5) is 3.14. The summed E-state index contributed by atoms with van der Waals surface area (Å²) in [7, 11) is 0. The van der Waals surface area contributed by atoms with E-state index in [9.17, 15) is 18.3 Å². The van der Waals surface area contributed by atoms with Crippen molar-refractivity contribution in [3.8, 4) is 0 Å². The molecule has 0 aliphatic carbocycles. The second-order valence-corrected chi connectivity index (χ2v) is 3.16. The molecule has 0 radical (unpaired) electrons. The Labute approximate surface area is 84.1 Å². The molecule has 1 N–H and O–H groups in total. The molecule has 1 atom stereocenters. The third-order valence-electron chi connectivity index (χ3n) is 1.75. The number of rotatable bonds is 4. The van der Waals surface area contributed by atoms with Crippen LogP contribution in [0.1, 0.15) is 31.5 Å². The van der Waals surface area contributed by atoms with Crippen LogP contribution in [-0.2, 0) is 12.6 Å². The van der Waals surface area contributed by atoms with Crippen LogP contribution in [0.4, 0.5) is 13.2 Å². The van der Waals surface area contributed by atoms with Crippen LogP contribution in [0.3, 0.4) is 0 Å². The summed E-state index contributed by atoms with van der Waals surface area (Å²) in [5.41, 5.74) is 0. The van der Waals surface area contributed by atoms with Gasteiger partial charge in [-0.3, -0.25) is 0 Å². The Bertz CT molecular complexity index is 311. The molecule has 1 unspecified atom stereocenters. The lowest BCUT2D eigenvalue weighted by atomic mass is 10.1. The van der Waals surface area contributed by atoms with E-state index in [0.717, 1.165) is 6.42 Å². The fraction of sp³-hybridized carbons (Fsp3) is 0.750. The lowest BCUT2D eigenvalue weighted by molar-refractivity contribution is -0.146. The molecule has 15 heavy (non-hydrogen) atoms. The third-order valence-corrected chi connectivity index (χ3v) is 1.75. The normalized spacial score (nSPS) is 14.2. The summed E-state index contributed by atoms with van der Waals surface area (Å²) in [6.07, 6.45) is -4.16. The second kappa shape index (κ2) is 4.61. The summed E-state index contributed by atoms with van der Waals surface area (Å²) in [5.74, 6) is -1.50. The Morgan fingerprint density at radius 1 is 1.47 bits per heavy atom. The van der Waals surface area contributed by atoms with Gasteiger partial charge in [-0.25, -0.2) is 0 Å². The number of halogens is 3. The van der Waals surface area contributed by atoms with Gasteiger partial charge in [-0.05, 0) is 6.42 Å². The Morgan fingerprint density at radius 3 is 2.60 bits per heavy atom. The van der Waals surface area contributed by atoms with Crippen LogP contribution in [0.5, 0.6) is 0 Å². The average molecular weight is 224 g/mol. The molecule has 4 nitrogen and oxygen atoms in total. The van der Waals surface area contributed by atoms with Crippen molar-refractivity contribution in [2.45, 2.75) is 38.5 Å². The molecular formula is C8H11F3N2O2. The summed E-state index contributed by atoms with van der Waals surface area (Å²) in [5, 5.41) is 12.1. The standard InChI is InChI=1S/C8H11F3N2O2/c1-2-3-5(14)4-6-12-7(13-15-6)8(9,10)11/h5,14H,2-4H2,1H3. The van der Waals surface area contributed by atoms with Crippen molar-refractivity contribution in [3.05, 3.63) is 11.7 Å². The van der Waals surface area contributed by atoms with Gasteiger partial charge in [0.1, 0.15) is 0 Å². The zero-order valence-electron chi connectivity index (χ0n) is 8.08. The van der Waals surface area contributed by atoms with Crippen molar-refractivity contribution in [1.29, 1.82) is 0 Å². The fourth-order valence-corrected chi connectivity index (χ4v) is 1.09. The molecule has 7 heteroatoms. The first-order chi connectivity index (χ1) is 6.93. The van der Waals surface area contributed by atoms with Gasteiger partial charge in [-0.15, -0.1) is 0 Å². The van der Waals surface area contributed by atoms with E-state index < -0.39 is 18.1 Å². The van der Waals surface area contributed by atoms with Crippen LogP contribution in [0.15, 0.2) is 4.52 Å². The van der Waals surface area contributed by atoms with E-state index >= 15 is 0 Å². The van der Waals surface area contributed by atoms with E-state index in [2.05, 4.69) is 14.7 Å². The number of alkyl halides is 3. The van der Waals surface area contributed by atoms with Crippen molar-refractivity contribution in [2.24, 2.45) is 0 Å². The van der Waals surface area contributed by atoms with E-state index in [1.54, 1.807) is 0 Å². The lowest BCUT2D eigenvalue weighted by Gasteiger charge is -2.04. The zero-order valence-corrected chi connectivity index (χ0v) is 8.08. The predicted molar refractivity (Wildman–Crippen MR) is 43.9 cm³/mol. The van der Waals surface area contributed by atoms with E-state index in [-0.39, 0.29) is 12.3 Å². The van der Waals surface area contributed by atoms with Crippen LogP contribution in [-0.4, -0.2) is 21.4 Å². The highest BCUT2D eigenvalue weighted by Crippen LogP contribution is 2.26. The number of hydrogen-bond donors (Lipinski definition) is 1. The Kier molecular flexibility index (Phi) is 3.67. The van der Waals surface area contributed by atoms with Crippen LogP contribution in [0.25, 0.3) is 0 Å². The number of aliphatic hydroxyl groups excluding tert-OH is 1. The van der Waals surface area contributed by atoms with E-state index in [4.69, 9.17) is 0 Å². The second-order valence-electron chi connectivity index (χ2n) is 3.16. The lowest BCUT2D eigenvalue weighted by Crippen LogP contribution is -2.11. The molecule has 0 spiro atoms. The average Bonchev–Trinajstić information content (AvgIpc) is 2.52. The van der Waals surface area contributed by atoms with Crippen molar-refractivity contribution in [3.63, 3.8) is 0 Å². The highest BCUT2D eigenvalue weighted by molar-refractivity contribution is 4.91. The van der Waals surface area contributed by atoms with Gasteiger partial charge in [0.25, 0.3) is 5.82 Å². The largest absolute Gasteiger partial charge is 0.455 e. The van der Waals surface area contributed by atoms with Crippen molar-refractivity contribution >= 4 is 0 Å². The minimum atomic E-state index is -4.60. The molecule has 0 bridgehead atoms. The zero-order chi connectivity index (χ0) is 11.5. The maximum atomic E-state index is 12.0. The van der Waals surface area contributed by atoms with E-state index in [1.807, 2.05) is 6.92 Å². The van der Waals surface area contributed by atoms with Crippen LogP contribution < -0.4 is 0 Å². The number of hydrogen-bond acceptors (Lipinski definition) is 4. The molecule has 0 aliphatic heterocycles. The number of aromatic nitrogens is 2. The third kappa shape index (κ3) is 3.50. The predicted octanol–water partition coefficient (Wildman–Crippen LogP) is 1.79. The van der Waals surface area contributed by atoms with Crippen LogP contribution in [0.2, 0.25) is 0 Å². The molecule has 0 aliphatic rings. The van der Waals surface area contributed by atoms with Gasteiger partial charge in [0.15, 0.2) is 0 Å². The molecule has 0 aromatic carbocycles. The maximum absolute atomic E-state index is 12.0. The molecule has 1 heterocycles. The quantitative estimate of drug-likeness (QED) is 0.847.